The number of likely N-dealkylation sites (N-methyl/N-ethyl adjacent to an activating group) is 2. The molecular weight excluding hydrogens is 733 g/mol. The number of unbranched alkanes of at least 4 members (excludes halogenated alkanes) is 20. The van der Waals surface area contributed by atoms with Gasteiger partial charge in [-0.2, -0.15) is 0 Å². The third-order valence-corrected chi connectivity index (χ3v) is 11.5. The van der Waals surface area contributed by atoms with Crippen molar-refractivity contribution < 1.29 is 15.3 Å². The van der Waals surface area contributed by atoms with E-state index in [-0.39, 0.29) is 32.7 Å². The average Bonchev–Trinajstić information content (AvgIpc) is 3.18. The molecular formula is C46H92N6O6. The summed E-state index contributed by atoms with van der Waals surface area (Å²) in [6.07, 6.45) is 24.9. The molecule has 1 aromatic heterocycles. The maximum Gasteiger partial charge on any atom is 0.336 e. The van der Waals surface area contributed by atoms with Gasteiger partial charge in [-0.1, -0.05) is 156 Å². The molecule has 0 aliphatic heterocycles. The van der Waals surface area contributed by atoms with Crippen molar-refractivity contribution in [1.82, 2.24) is 28.4 Å². The Kier molecular flexibility index (Phi) is 32.5. The van der Waals surface area contributed by atoms with Gasteiger partial charge in [-0.3, -0.25) is 0 Å². The first kappa shape index (κ1) is 54.2. The lowest BCUT2D eigenvalue weighted by Gasteiger charge is -2.26. The first-order chi connectivity index (χ1) is 28.0. The normalized spacial score (nSPS) is 13.7. The van der Waals surface area contributed by atoms with Gasteiger partial charge in [0.2, 0.25) is 0 Å². The van der Waals surface area contributed by atoms with E-state index in [4.69, 9.17) is 0 Å². The van der Waals surface area contributed by atoms with Crippen LogP contribution in [0.4, 0.5) is 0 Å². The van der Waals surface area contributed by atoms with Gasteiger partial charge >= 0.3 is 17.1 Å². The van der Waals surface area contributed by atoms with Crippen LogP contribution in [0.15, 0.2) is 14.4 Å². The molecule has 1 rings (SSSR count). The Labute approximate surface area is 354 Å². The molecule has 12 nitrogen and oxygen atoms in total. The first-order valence-electron chi connectivity index (χ1n) is 24.1. The summed E-state index contributed by atoms with van der Waals surface area (Å²) in [7, 11) is 3.85. The number of nitrogens with zero attached hydrogens (tertiary/aromatic N) is 6. The molecule has 0 aromatic carbocycles. The van der Waals surface area contributed by atoms with Crippen LogP contribution in [-0.4, -0.2) is 122 Å². The van der Waals surface area contributed by atoms with Crippen molar-refractivity contribution in [2.24, 2.45) is 0 Å². The molecule has 12 heteroatoms. The van der Waals surface area contributed by atoms with Crippen LogP contribution in [0, 0.1) is 0 Å². The van der Waals surface area contributed by atoms with Crippen LogP contribution in [-0.2, 0) is 19.6 Å². The van der Waals surface area contributed by atoms with Gasteiger partial charge in [-0.25, -0.2) is 28.1 Å². The number of aromatic nitrogens is 3. The highest BCUT2D eigenvalue weighted by Crippen LogP contribution is 2.11. The second kappa shape index (κ2) is 34.8. The van der Waals surface area contributed by atoms with Crippen LogP contribution >= 0.6 is 0 Å². The highest BCUT2D eigenvalue weighted by Gasteiger charge is 2.23. The molecule has 342 valence electrons. The highest BCUT2D eigenvalue weighted by atomic mass is 16.3. The lowest BCUT2D eigenvalue weighted by Crippen LogP contribution is -2.58. The largest absolute Gasteiger partial charge is 0.390 e. The molecule has 0 radical (unpaired) electrons. The van der Waals surface area contributed by atoms with Gasteiger partial charge in [-0.15, -0.1) is 0 Å². The summed E-state index contributed by atoms with van der Waals surface area (Å²) in [6.45, 7) is 12.1. The molecule has 58 heavy (non-hydrogen) atoms. The Bertz CT molecular complexity index is 1210. The van der Waals surface area contributed by atoms with E-state index < -0.39 is 35.4 Å². The molecule has 0 aliphatic rings. The molecule has 3 unspecified atom stereocenters. The quantitative estimate of drug-likeness (QED) is 0.0607. The van der Waals surface area contributed by atoms with Gasteiger partial charge in [0.1, 0.15) is 0 Å². The third kappa shape index (κ3) is 25.1. The van der Waals surface area contributed by atoms with Gasteiger partial charge in [0.25, 0.3) is 0 Å². The Morgan fingerprint density at radius 2 is 0.621 bits per heavy atom. The Hall–Kier alpha value is -1.83. The second-order valence-corrected chi connectivity index (χ2v) is 17.5. The van der Waals surface area contributed by atoms with Gasteiger partial charge in [0, 0.05) is 19.6 Å². The highest BCUT2D eigenvalue weighted by molar-refractivity contribution is 4.84. The van der Waals surface area contributed by atoms with E-state index in [0.717, 1.165) is 91.2 Å². The summed E-state index contributed by atoms with van der Waals surface area (Å²) in [4.78, 5) is 48.1. The smallest absolute Gasteiger partial charge is 0.336 e. The van der Waals surface area contributed by atoms with E-state index in [0.29, 0.717) is 6.54 Å². The van der Waals surface area contributed by atoms with Crippen LogP contribution in [0.5, 0.6) is 0 Å². The summed E-state index contributed by atoms with van der Waals surface area (Å²) in [5.74, 6) is 0. The Balaban J connectivity index is 3.22. The molecule has 0 aliphatic carbocycles. The van der Waals surface area contributed by atoms with Gasteiger partial charge in [-0.05, 0) is 66.0 Å². The number of aliphatic hydroxyl groups is 3. The molecule has 0 saturated carbocycles. The first-order valence-corrected chi connectivity index (χ1v) is 24.1. The Morgan fingerprint density at radius 3 is 0.914 bits per heavy atom. The molecule has 3 atom stereocenters. The lowest BCUT2D eigenvalue weighted by molar-refractivity contribution is 0.0848. The number of hydrogen-bond acceptors (Lipinski definition) is 9. The maximum atomic E-state index is 14.0. The molecule has 0 bridgehead atoms. The second-order valence-electron chi connectivity index (χ2n) is 17.5. The molecule has 3 N–H and O–H groups in total. The minimum atomic E-state index is -1.03. The van der Waals surface area contributed by atoms with Crippen LogP contribution in [0.1, 0.15) is 182 Å². The van der Waals surface area contributed by atoms with Crippen molar-refractivity contribution in [2.45, 2.75) is 220 Å². The lowest BCUT2D eigenvalue weighted by atomic mass is 10.1. The minimum absolute atomic E-state index is 0.264. The standard InChI is InChI=1S/C46H92N6O6/c1-7-11-15-19-23-27-31-47(5)35-41(53)38-50-44(56)51(39-42(54)36-48(6)32-28-24-20-16-12-8-2)46(58)52(45(50)57)40-43(55)37-49(33-29-25-21-17-13-9-3)34-30-26-22-18-14-10-4/h41-43,53-55H,7-40H2,1-6H3. The van der Waals surface area contributed by atoms with Crippen molar-refractivity contribution in [3.63, 3.8) is 0 Å². The van der Waals surface area contributed by atoms with E-state index in [1.807, 2.05) is 23.9 Å². The fourth-order valence-corrected chi connectivity index (χ4v) is 8.01. The summed E-state index contributed by atoms with van der Waals surface area (Å²) < 4.78 is 2.79. The van der Waals surface area contributed by atoms with Crippen LogP contribution < -0.4 is 17.1 Å². The fourth-order valence-electron chi connectivity index (χ4n) is 8.01. The summed E-state index contributed by atoms with van der Waals surface area (Å²) in [5, 5.41) is 33.8. The van der Waals surface area contributed by atoms with Crippen molar-refractivity contribution in [3.8, 4) is 0 Å². The van der Waals surface area contributed by atoms with Crippen molar-refractivity contribution in [2.75, 3.05) is 59.9 Å². The predicted octanol–water partition coefficient (Wildman–Crippen LogP) is 6.86. The zero-order valence-electron chi connectivity index (χ0n) is 38.5. The van der Waals surface area contributed by atoms with Crippen LogP contribution in [0.3, 0.4) is 0 Å². The Morgan fingerprint density at radius 1 is 0.379 bits per heavy atom. The molecule has 0 amide bonds. The zero-order chi connectivity index (χ0) is 43.0. The van der Waals surface area contributed by atoms with Gasteiger partial charge < -0.3 is 30.0 Å². The maximum absolute atomic E-state index is 14.0. The topological polar surface area (TPSA) is 136 Å². The van der Waals surface area contributed by atoms with E-state index >= 15 is 0 Å². The van der Waals surface area contributed by atoms with Gasteiger partial charge in [0.15, 0.2) is 0 Å². The summed E-state index contributed by atoms with van der Waals surface area (Å²) in [5.41, 5.74) is -2.52. The minimum Gasteiger partial charge on any atom is -0.390 e. The van der Waals surface area contributed by atoms with Crippen molar-refractivity contribution >= 4 is 0 Å². The zero-order valence-corrected chi connectivity index (χ0v) is 38.5. The van der Waals surface area contributed by atoms with E-state index in [1.54, 1.807) is 0 Å². The third-order valence-electron chi connectivity index (χ3n) is 11.5. The molecule has 0 saturated heterocycles. The van der Waals surface area contributed by atoms with Crippen LogP contribution in [0.25, 0.3) is 0 Å². The van der Waals surface area contributed by atoms with E-state index in [9.17, 15) is 29.7 Å². The number of hydrogen-bond donors (Lipinski definition) is 3. The molecule has 1 aromatic rings. The van der Waals surface area contributed by atoms with Gasteiger partial charge in [0.05, 0.1) is 37.9 Å². The molecule has 0 spiro atoms. The van der Waals surface area contributed by atoms with Crippen molar-refractivity contribution in [1.29, 1.82) is 0 Å². The van der Waals surface area contributed by atoms with Crippen LogP contribution in [0.2, 0.25) is 0 Å². The average molecular weight is 825 g/mol. The molecule has 0 fully saturated rings. The predicted molar refractivity (Wildman–Crippen MR) is 242 cm³/mol. The fraction of sp³-hybridized carbons (Fsp3) is 0.935. The summed E-state index contributed by atoms with van der Waals surface area (Å²) in [6, 6.07) is 0. The van der Waals surface area contributed by atoms with Crippen molar-refractivity contribution in [3.05, 3.63) is 31.5 Å². The SMILES string of the molecule is CCCCCCCCN(C)CC(O)Cn1c(=O)n(CC(O)CN(C)CCCCCCCC)c(=O)n(CC(O)CN(CCCCCCCC)CCCCCCCC)c1=O. The van der Waals surface area contributed by atoms with E-state index in [2.05, 4.69) is 32.6 Å². The molecule has 1 heterocycles. The summed E-state index contributed by atoms with van der Waals surface area (Å²) >= 11 is 0. The monoisotopic (exact) mass is 825 g/mol. The number of aliphatic hydroxyl groups excluding tert-OH is 3. The number of rotatable bonds is 40. The van der Waals surface area contributed by atoms with E-state index in [1.165, 1.54) is 103 Å².